The van der Waals surface area contributed by atoms with Crippen LogP contribution in [-0.4, -0.2) is 30.4 Å². The van der Waals surface area contributed by atoms with Gasteiger partial charge in [-0.2, -0.15) is 5.10 Å². The van der Waals surface area contributed by atoms with Crippen molar-refractivity contribution in [2.24, 2.45) is 0 Å². The molecule has 3 heterocycles. The summed E-state index contributed by atoms with van der Waals surface area (Å²) in [5.74, 6) is 0.816. The smallest absolute Gasteiger partial charge is 0.161 e. The van der Waals surface area contributed by atoms with Gasteiger partial charge < -0.3 is 4.98 Å². The first kappa shape index (κ1) is 14.3. The van der Waals surface area contributed by atoms with E-state index in [9.17, 15) is 4.39 Å². The maximum atomic E-state index is 14.3. The number of H-pyrrole nitrogens is 2. The van der Waals surface area contributed by atoms with Gasteiger partial charge in [0.1, 0.15) is 17.2 Å². The molecule has 0 aliphatic heterocycles. The van der Waals surface area contributed by atoms with Crippen LogP contribution in [0.25, 0.3) is 34.4 Å². The van der Waals surface area contributed by atoms with Crippen molar-refractivity contribution in [1.82, 2.24) is 30.4 Å². The molecule has 0 spiro atoms. The van der Waals surface area contributed by atoms with E-state index in [0.29, 0.717) is 33.8 Å². The summed E-state index contributed by atoms with van der Waals surface area (Å²) in [6.07, 6.45) is 7.16. The third kappa shape index (κ3) is 2.56. The summed E-state index contributed by atoms with van der Waals surface area (Å²) in [4.78, 5) is 7.07. The van der Waals surface area contributed by atoms with Gasteiger partial charge in [0, 0.05) is 23.3 Å². The highest BCUT2D eigenvalue weighted by Gasteiger charge is 2.13. The monoisotopic (exact) mass is 320 g/mol. The molecule has 0 aliphatic rings. The molecule has 0 unspecified atom stereocenters. The van der Waals surface area contributed by atoms with E-state index < -0.39 is 0 Å². The van der Waals surface area contributed by atoms with Crippen LogP contribution in [0.1, 0.15) is 17.1 Å². The van der Waals surface area contributed by atoms with Crippen LogP contribution in [0.15, 0.2) is 36.7 Å². The molecular formula is C17H13FN6. The minimum atomic E-state index is -0.384. The van der Waals surface area contributed by atoms with Crippen molar-refractivity contribution in [2.45, 2.75) is 6.92 Å². The Kier molecular flexibility index (Phi) is 3.38. The molecule has 118 valence electrons. The Bertz CT molecular complexity index is 1030. The summed E-state index contributed by atoms with van der Waals surface area (Å²) in [5, 5.41) is 15.5. The number of hydrogen-bond acceptors (Lipinski definition) is 4. The Morgan fingerprint density at radius 2 is 2.08 bits per heavy atom. The quantitative estimate of drug-likeness (QED) is 0.606. The molecule has 24 heavy (non-hydrogen) atoms. The predicted octanol–water partition coefficient (Wildman–Crippen LogP) is 3.36. The molecule has 4 aromatic rings. The van der Waals surface area contributed by atoms with E-state index in [-0.39, 0.29) is 5.82 Å². The lowest BCUT2D eigenvalue weighted by Crippen LogP contribution is -1.85. The fourth-order valence-corrected chi connectivity index (χ4v) is 2.49. The highest BCUT2D eigenvalue weighted by molar-refractivity contribution is 5.92. The van der Waals surface area contributed by atoms with Crippen molar-refractivity contribution >= 4 is 23.1 Å². The van der Waals surface area contributed by atoms with Crippen LogP contribution < -0.4 is 0 Å². The van der Waals surface area contributed by atoms with Crippen LogP contribution in [-0.2, 0) is 0 Å². The van der Waals surface area contributed by atoms with Gasteiger partial charge in [-0.3, -0.25) is 10.1 Å². The lowest BCUT2D eigenvalue weighted by molar-refractivity contribution is 0.636. The van der Waals surface area contributed by atoms with Crippen molar-refractivity contribution in [3.8, 4) is 11.4 Å². The van der Waals surface area contributed by atoms with E-state index in [1.165, 1.54) is 6.07 Å². The average Bonchev–Trinajstić information content (AvgIpc) is 3.20. The normalized spacial score (nSPS) is 11.6. The standard InChI is InChI=1S/C17H13FN6/c1-10-20-17(24-21-10)12-7-13-15(22-23-16(13)14(18)8-12)5-4-11-3-2-6-19-9-11/h2-9H,1H3,(H,22,23)(H,20,21,24). The maximum Gasteiger partial charge on any atom is 0.161 e. The van der Waals surface area contributed by atoms with Crippen LogP contribution in [0.2, 0.25) is 0 Å². The third-order valence-corrected chi connectivity index (χ3v) is 3.65. The molecule has 4 rings (SSSR count). The van der Waals surface area contributed by atoms with Crippen molar-refractivity contribution in [2.75, 3.05) is 0 Å². The fourth-order valence-electron chi connectivity index (χ4n) is 2.49. The Balaban J connectivity index is 1.80. The molecule has 0 saturated heterocycles. The first-order valence-corrected chi connectivity index (χ1v) is 7.36. The van der Waals surface area contributed by atoms with Gasteiger partial charge in [0.25, 0.3) is 0 Å². The first-order valence-electron chi connectivity index (χ1n) is 7.36. The van der Waals surface area contributed by atoms with Crippen LogP contribution in [0.5, 0.6) is 0 Å². The van der Waals surface area contributed by atoms with Gasteiger partial charge in [-0.1, -0.05) is 12.1 Å². The summed E-state index contributed by atoms with van der Waals surface area (Å²) in [7, 11) is 0. The molecule has 6 nitrogen and oxygen atoms in total. The number of nitrogens with zero attached hydrogens (tertiary/aromatic N) is 4. The summed E-state index contributed by atoms with van der Waals surface area (Å²) in [6, 6.07) is 7.04. The number of aryl methyl sites for hydroxylation is 1. The second-order valence-corrected chi connectivity index (χ2v) is 5.37. The molecular weight excluding hydrogens is 307 g/mol. The topological polar surface area (TPSA) is 83.1 Å². The van der Waals surface area contributed by atoms with Gasteiger partial charge in [0.2, 0.25) is 0 Å². The van der Waals surface area contributed by atoms with Crippen molar-refractivity contribution in [3.63, 3.8) is 0 Å². The third-order valence-electron chi connectivity index (χ3n) is 3.65. The zero-order valence-corrected chi connectivity index (χ0v) is 12.8. The highest BCUT2D eigenvalue weighted by atomic mass is 19.1. The highest BCUT2D eigenvalue weighted by Crippen LogP contribution is 2.26. The molecule has 3 aromatic heterocycles. The first-order chi connectivity index (χ1) is 11.7. The van der Waals surface area contributed by atoms with E-state index in [1.54, 1.807) is 19.3 Å². The SMILES string of the molecule is Cc1nnc(-c2cc(F)c3[nH]nc(C=Cc4cccnc4)c3c2)[nH]1. The Hall–Kier alpha value is -3.35. The minimum Gasteiger partial charge on any atom is -0.325 e. The molecule has 2 N–H and O–H groups in total. The number of benzene rings is 1. The van der Waals surface area contributed by atoms with Crippen LogP contribution in [0.3, 0.4) is 0 Å². The molecule has 0 fully saturated rings. The molecule has 0 amide bonds. The number of hydrogen-bond donors (Lipinski definition) is 2. The van der Waals surface area contributed by atoms with E-state index in [2.05, 4.69) is 30.4 Å². The van der Waals surface area contributed by atoms with E-state index in [4.69, 9.17) is 0 Å². The summed E-state index contributed by atoms with van der Waals surface area (Å²) >= 11 is 0. The Labute approximate surface area is 136 Å². The van der Waals surface area contributed by atoms with Crippen molar-refractivity contribution in [1.29, 1.82) is 0 Å². The second-order valence-electron chi connectivity index (χ2n) is 5.37. The summed E-state index contributed by atoms with van der Waals surface area (Å²) in [5.41, 5.74) is 2.57. The van der Waals surface area contributed by atoms with Gasteiger partial charge in [0.15, 0.2) is 5.82 Å². The Morgan fingerprint density at radius 3 is 2.83 bits per heavy atom. The molecule has 0 saturated carbocycles. The minimum absolute atomic E-state index is 0.362. The molecule has 0 radical (unpaired) electrons. The van der Waals surface area contributed by atoms with Crippen LogP contribution >= 0.6 is 0 Å². The lowest BCUT2D eigenvalue weighted by atomic mass is 10.1. The number of fused-ring (bicyclic) bond motifs is 1. The largest absolute Gasteiger partial charge is 0.325 e. The van der Waals surface area contributed by atoms with Crippen LogP contribution in [0, 0.1) is 12.7 Å². The number of nitrogens with one attached hydrogen (secondary N) is 2. The molecule has 0 aliphatic carbocycles. The molecule has 0 bridgehead atoms. The number of pyridine rings is 1. The van der Waals surface area contributed by atoms with E-state index in [0.717, 1.165) is 5.56 Å². The molecule has 0 atom stereocenters. The number of halogens is 1. The van der Waals surface area contributed by atoms with Crippen molar-refractivity contribution in [3.05, 3.63) is 59.6 Å². The summed E-state index contributed by atoms with van der Waals surface area (Å²) < 4.78 is 14.3. The molecule has 1 aromatic carbocycles. The summed E-state index contributed by atoms with van der Waals surface area (Å²) in [6.45, 7) is 1.80. The van der Waals surface area contributed by atoms with Crippen LogP contribution in [0.4, 0.5) is 4.39 Å². The Morgan fingerprint density at radius 1 is 1.17 bits per heavy atom. The van der Waals surface area contributed by atoms with E-state index >= 15 is 0 Å². The average molecular weight is 320 g/mol. The maximum absolute atomic E-state index is 14.3. The lowest BCUT2D eigenvalue weighted by Gasteiger charge is -1.99. The second kappa shape index (κ2) is 5.69. The number of aromatic nitrogens is 6. The zero-order chi connectivity index (χ0) is 16.5. The fraction of sp³-hybridized carbons (Fsp3) is 0.0588. The van der Waals surface area contributed by atoms with Gasteiger partial charge >= 0.3 is 0 Å². The van der Waals surface area contributed by atoms with E-state index in [1.807, 2.05) is 30.4 Å². The van der Waals surface area contributed by atoms with Gasteiger partial charge in [0.05, 0.1) is 5.69 Å². The van der Waals surface area contributed by atoms with Gasteiger partial charge in [-0.05, 0) is 36.8 Å². The zero-order valence-electron chi connectivity index (χ0n) is 12.8. The number of rotatable bonds is 3. The van der Waals surface area contributed by atoms with Crippen molar-refractivity contribution < 1.29 is 4.39 Å². The van der Waals surface area contributed by atoms with Gasteiger partial charge in [-0.25, -0.2) is 4.39 Å². The molecule has 7 heteroatoms. The predicted molar refractivity (Wildman–Crippen MR) is 89.3 cm³/mol. The van der Waals surface area contributed by atoms with Gasteiger partial charge in [-0.15, -0.1) is 10.2 Å². The number of aromatic amines is 2.